The number of benzene rings is 1. The summed E-state index contributed by atoms with van der Waals surface area (Å²) in [5.41, 5.74) is 1.05. The summed E-state index contributed by atoms with van der Waals surface area (Å²) in [4.78, 5) is 12.2. The van der Waals surface area contributed by atoms with Gasteiger partial charge in [-0.15, -0.1) is 0 Å². The third-order valence-electron chi connectivity index (χ3n) is 6.41. The summed E-state index contributed by atoms with van der Waals surface area (Å²) < 4.78 is 2.22. The van der Waals surface area contributed by atoms with Crippen LogP contribution in [0.5, 0.6) is 0 Å². The predicted molar refractivity (Wildman–Crippen MR) is 149 cm³/mol. The number of nitrogens with zero attached hydrogens (tertiary/aromatic N) is 2. The highest BCUT2D eigenvalue weighted by Crippen LogP contribution is 2.14. The third-order valence-corrected chi connectivity index (χ3v) is 7.45. The summed E-state index contributed by atoms with van der Waals surface area (Å²) in [5, 5.41) is 18.2. The van der Waals surface area contributed by atoms with Crippen LogP contribution >= 0.6 is 11.8 Å². The Balaban J connectivity index is 1.92. The lowest BCUT2D eigenvalue weighted by atomic mass is 9.80. The molecule has 0 fully saturated rings. The van der Waals surface area contributed by atoms with Crippen LogP contribution in [0.4, 0.5) is 0 Å². The van der Waals surface area contributed by atoms with Crippen LogP contribution in [0.3, 0.4) is 0 Å². The molecule has 0 bridgehead atoms. The number of thioether (sulfide) groups is 1. The number of carbonyl (C=O) groups excluding carboxylic acids is 1. The van der Waals surface area contributed by atoms with E-state index in [0.717, 1.165) is 14.7 Å². The van der Waals surface area contributed by atoms with Crippen LogP contribution in [-0.4, -0.2) is 98.3 Å². The number of carbonyl (C=O) groups is 1. The normalized spacial score (nSPS) is 12.2. The van der Waals surface area contributed by atoms with Gasteiger partial charge in [-0.05, 0) is 30.5 Å². The molecule has 194 valence electrons. The van der Waals surface area contributed by atoms with Gasteiger partial charge in [0.2, 0.25) is 0 Å². The number of hydrogen-bond donors (Lipinski definition) is 2. The van der Waals surface area contributed by atoms with Crippen LogP contribution in [0.2, 0.25) is 0 Å². The van der Waals surface area contributed by atoms with Crippen LogP contribution < -0.4 is 5.46 Å². The maximum absolute atomic E-state index is 12.2. The maximum atomic E-state index is 12.2. The van der Waals surface area contributed by atoms with Gasteiger partial charge in [-0.25, -0.2) is 0 Å². The summed E-state index contributed by atoms with van der Waals surface area (Å²) in [6.07, 6.45) is 13.2. The molecule has 7 heteroatoms. The van der Waals surface area contributed by atoms with Gasteiger partial charge in [0.15, 0.2) is 5.78 Å². The van der Waals surface area contributed by atoms with Gasteiger partial charge in [-0.1, -0.05) is 62.8 Å². The minimum atomic E-state index is -1.48. The Labute approximate surface area is 214 Å². The van der Waals surface area contributed by atoms with E-state index in [4.69, 9.17) is 10.0 Å². The Morgan fingerprint density at radius 2 is 1.24 bits per heavy atom. The molecular weight excluding hydrogens is 443 g/mol. The zero-order chi connectivity index (χ0) is 25.5. The van der Waals surface area contributed by atoms with Crippen molar-refractivity contribution in [2.45, 2.75) is 64.2 Å². The fraction of sp³-hybridized carbons (Fsp3) is 0.741. The maximum Gasteiger partial charge on any atom is 0.488 e. The van der Waals surface area contributed by atoms with Gasteiger partial charge in [0, 0.05) is 12.0 Å². The Hall–Kier alpha value is -0.855. The van der Waals surface area contributed by atoms with Crippen molar-refractivity contribution in [2.24, 2.45) is 0 Å². The van der Waals surface area contributed by atoms with Crippen LogP contribution in [-0.2, 0) is 0 Å². The van der Waals surface area contributed by atoms with Crippen LogP contribution in [0, 0.1) is 0 Å². The number of unbranched alkanes of at least 4 members (excludes halogenated alkanes) is 8. The van der Waals surface area contributed by atoms with E-state index in [9.17, 15) is 4.79 Å². The lowest BCUT2D eigenvalue weighted by Crippen LogP contribution is -2.44. The topological polar surface area (TPSA) is 57.5 Å². The van der Waals surface area contributed by atoms with Gasteiger partial charge in [-0.3, -0.25) is 4.79 Å². The molecule has 1 aromatic rings. The van der Waals surface area contributed by atoms with E-state index < -0.39 is 7.12 Å². The molecule has 0 aliphatic rings. The second-order valence-corrected chi connectivity index (χ2v) is 12.5. The highest BCUT2D eigenvalue weighted by atomic mass is 32.2. The lowest BCUT2D eigenvalue weighted by Gasteiger charge is -2.31. The first-order valence-corrected chi connectivity index (χ1v) is 14.4. The number of quaternary nitrogens is 2. The molecule has 0 heterocycles. The SMILES string of the molecule is C[N+](C)(C)CCC[N+](C)(C)CCCCCCCCCCCSCC(=O)c1ccc(B(O)O)cc1. The average Bonchev–Trinajstić information content (AvgIpc) is 2.75. The minimum Gasteiger partial charge on any atom is -0.423 e. The molecule has 0 amide bonds. The second-order valence-electron chi connectivity index (χ2n) is 11.4. The molecule has 34 heavy (non-hydrogen) atoms. The molecule has 5 nitrogen and oxygen atoms in total. The van der Waals surface area contributed by atoms with Gasteiger partial charge in [0.1, 0.15) is 0 Å². The molecule has 2 N–H and O–H groups in total. The van der Waals surface area contributed by atoms with E-state index in [1.54, 1.807) is 36.0 Å². The highest BCUT2D eigenvalue weighted by Gasteiger charge is 2.16. The quantitative estimate of drug-likeness (QED) is 0.125. The Bertz CT molecular complexity index is 675. The smallest absolute Gasteiger partial charge is 0.423 e. The summed E-state index contributed by atoms with van der Waals surface area (Å²) in [6.45, 7) is 3.84. The first-order valence-electron chi connectivity index (χ1n) is 13.2. The first kappa shape index (κ1) is 31.2. The Morgan fingerprint density at radius 3 is 1.76 bits per heavy atom. The molecule has 0 saturated heterocycles. The van der Waals surface area contributed by atoms with Crippen molar-refractivity contribution in [3.8, 4) is 0 Å². The fourth-order valence-corrected chi connectivity index (χ4v) is 5.06. The van der Waals surface area contributed by atoms with E-state index in [-0.39, 0.29) is 5.78 Å². The van der Waals surface area contributed by atoms with Crippen molar-refractivity contribution in [3.63, 3.8) is 0 Å². The molecule has 0 saturated carbocycles. The van der Waals surface area contributed by atoms with E-state index in [1.807, 2.05) is 0 Å². The van der Waals surface area contributed by atoms with Crippen molar-refractivity contribution in [2.75, 3.05) is 66.4 Å². The molecule has 0 aliphatic carbocycles. The van der Waals surface area contributed by atoms with Crippen LogP contribution in [0.25, 0.3) is 0 Å². The summed E-state index contributed by atoms with van der Waals surface area (Å²) in [7, 11) is 10.1. The second kappa shape index (κ2) is 16.8. The van der Waals surface area contributed by atoms with Crippen molar-refractivity contribution in [1.82, 2.24) is 0 Å². The summed E-state index contributed by atoms with van der Waals surface area (Å²) >= 11 is 1.70. The third kappa shape index (κ3) is 15.9. The van der Waals surface area contributed by atoms with Crippen molar-refractivity contribution in [1.29, 1.82) is 0 Å². The van der Waals surface area contributed by atoms with Crippen LogP contribution in [0.15, 0.2) is 24.3 Å². The number of ketones is 1. The van der Waals surface area contributed by atoms with Crippen molar-refractivity contribution < 1.29 is 23.8 Å². The molecule has 0 aromatic heterocycles. The monoisotopic (exact) mass is 494 g/mol. The zero-order valence-corrected chi connectivity index (χ0v) is 23.4. The van der Waals surface area contributed by atoms with Gasteiger partial charge < -0.3 is 19.0 Å². The van der Waals surface area contributed by atoms with E-state index in [1.165, 1.54) is 83.8 Å². The van der Waals surface area contributed by atoms with E-state index in [2.05, 4.69) is 35.2 Å². The average molecular weight is 495 g/mol. The molecule has 1 aromatic carbocycles. The summed E-state index contributed by atoms with van der Waals surface area (Å²) in [5.74, 6) is 1.63. The molecule has 0 atom stereocenters. The number of hydrogen-bond acceptors (Lipinski definition) is 4. The Kier molecular flexibility index (Phi) is 15.4. The molecule has 0 aliphatic heterocycles. The molecule has 0 radical (unpaired) electrons. The molecule has 0 unspecified atom stereocenters. The standard InChI is InChI=1S/C27H51BN2O3S/c1-29(2,3)20-15-22-30(4,5)21-13-11-9-7-6-8-10-12-14-23-34-24-27(31)25-16-18-26(19-17-25)28(32)33/h16-19,32-33H,6-15,20-24H2,1-5H3/q+2. The van der Waals surface area contributed by atoms with Gasteiger partial charge in [0.05, 0.1) is 60.6 Å². The van der Waals surface area contributed by atoms with Crippen molar-refractivity contribution >= 4 is 30.1 Å². The minimum absolute atomic E-state index is 0.107. The summed E-state index contributed by atoms with van der Waals surface area (Å²) in [6, 6.07) is 6.53. The molecule has 0 spiro atoms. The van der Waals surface area contributed by atoms with E-state index in [0.29, 0.717) is 16.8 Å². The van der Waals surface area contributed by atoms with Crippen molar-refractivity contribution in [3.05, 3.63) is 29.8 Å². The highest BCUT2D eigenvalue weighted by molar-refractivity contribution is 7.99. The first-order chi connectivity index (χ1) is 16.0. The predicted octanol–water partition coefficient (Wildman–Crippen LogP) is 3.97. The van der Waals surface area contributed by atoms with E-state index >= 15 is 0 Å². The molecular formula is C27H51BN2O3S+2. The largest absolute Gasteiger partial charge is 0.488 e. The lowest BCUT2D eigenvalue weighted by molar-refractivity contribution is -0.902. The fourth-order valence-electron chi connectivity index (χ4n) is 4.16. The molecule has 1 rings (SSSR count). The Morgan fingerprint density at radius 1 is 0.735 bits per heavy atom. The van der Waals surface area contributed by atoms with Gasteiger partial charge >= 0.3 is 7.12 Å². The number of Topliss-reactive ketones (excluding diaryl/α,β-unsaturated/α-hetero) is 1. The zero-order valence-electron chi connectivity index (χ0n) is 22.6. The van der Waals surface area contributed by atoms with Gasteiger partial charge in [-0.2, -0.15) is 11.8 Å². The number of rotatable bonds is 20. The van der Waals surface area contributed by atoms with Gasteiger partial charge in [0.25, 0.3) is 0 Å². The van der Waals surface area contributed by atoms with Crippen LogP contribution in [0.1, 0.15) is 74.6 Å².